The Morgan fingerprint density at radius 2 is 1.68 bits per heavy atom. The number of rotatable bonds is 4. The minimum absolute atomic E-state index is 0.0239. The molecule has 2 aromatic rings. The number of carbonyl (C=O) groups excluding carboxylic acids is 1. The zero-order valence-electron chi connectivity index (χ0n) is 13.2. The van der Waals surface area contributed by atoms with Gasteiger partial charge in [-0.05, 0) is 16.8 Å². The van der Waals surface area contributed by atoms with Crippen LogP contribution >= 0.6 is 0 Å². The Labute approximate surface area is 131 Å². The number of hydrazine groups is 1. The summed E-state index contributed by atoms with van der Waals surface area (Å²) < 4.78 is 0. The number of fused-ring (bicyclic) bond motifs is 1. The lowest BCUT2D eigenvalue weighted by Gasteiger charge is -2.24. The SMILES string of the molecule is CCN1CC(NC(=O)c2cccc3ccccc23)CN1CC. The zero-order valence-corrected chi connectivity index (χ0v) is 13.2. The highest BCUT2D eigenvalue weighted by atomic mass is 16.1. The third-order valence-corrected chi connectivity index (χ3v) is 4.36. The van der Waals surface area contributed by atoms with Gasteiger partial charge in [0.25, 0.3) is 5.91 Å². The van der Waals surface area contributed by atoms with Crippen LogP contribution < -0.4 is 5.32 Å². The van der Waals surface area contributed by atoms with Crippen LogP contribution in [0, 0.1) is 0 Å². The molecule has 4 heteroatoms. The number of nitrogens with one attached hydrogen (secondary N) is 1. The first kappa shape index (κ1) is 15.0. The first-order valence-corrected chi connectivity index (χ1v) is 8.01. The molecule has 1 fully saturated rings. The number of hydrogen-bond donors (Lipinski definition) is 1. The van der Waals surface area contributed by atoms with Gasteiger partial charge in [0.1, 0.15) is 0 Å². The van der Waals surface area contributed by atoms with Crippen LogP contribution in [0.1, 0.15) is 24.2 Å². The van der Waals surface area contributed by atoms with E-state index in [4.69, 9.17) is 0 Å². The van der Waals surface area contributed by atoms with Crippen LogP contribution in [0.15, 0.2) is 42.5 Å². The fourth-order valence-electron chi connectivity index (χ4n) is 3.23. The van der Waals surface area contributed by atoms with E-state index in [1.807, 2.05) is 42.5 Å². The van der Waals surface area contributed by atoms with E-state index in [9.17, 15) is 4.79 Å². The summed E-state index contributed by atoms with van der Waals surface area (Å²) in [5.74, 6) is 0.0239. The van der Waals surface area contributed by atoms with Gasteiger partial charge in [-0.2, -0.15) is 0 Å². The third-order valence-electron chi connectivity index (χ3n) is 4.36. The van der Waals surface area contributed by atoms with Gasteiger partial charge in [0.2, 0.25) is 0 Å². The summed E-state index contributed by atoms with van der Waals surface area (Å²) in [6, 6.07) is 14.1. The molecular weight excluding hydrogens is 274 g/mol. The number of likely N-dealkylation sites (N-methyl/N-ethyl adjacent to an activating group) is 2. The third kappa shape index (κ3) is 2.85. The number of benzene rings is 2. The lowest BCUT2D eigenvalue weighted by molar-refractivity contribution is 0.0388. The summed E-state index contributed by atoms with van der Waals surface area (Å²) in [7, 11) is 0. The predicted molar refractivity (Wildman–Crippen MR) is 89.7 cm³/mol. The Hall–Kier alpha value is -1.91. The maximum atomic E-state index is 12.7. The number of hydrogen-bond acceptors (Lipinski definition) is 3. The Bertz CT molecular complexity index is 653. The fraction of sp³-hybridized carbons (Fsp3) is 0.389. The Morgan fingerprint density at radius 1 is 1.05 bits per heavy atom. The summed E-state index contributed by atoms with van der Waals surface area (Å²) in [5.41, 5.74) is 0.760. The van der Waals surface area contributed by atoms with Gasteiger partial charge in [0.05, 0.1) is 6.04 Å². The van der Waals surface area contributed by atoms with Gasteiger partial charge in [-0.15, -0.1) is 0 Å². The van der Waals surface area contributed by atoms with Gasteiger partial charge in [-0.25, -0.2) is 10.0 Å². The van der Waals surface area contributed by atoms with E-state index < -0.39 is 0 Å². The van der Waals surface area contributed by atoms with Crippen molar-refractivity contribution in [3.63, 3.8) is 0 Å². The molecule has 2 aromatic carbocycles. The van der Waals surface area contributed by atoms with E-state index >= 15 is 0 Å². The summed E-state index contributed by atoms with van der Waals surface area (Å²) in [4.78, 5) is 12.7. The molecule has 1 aliphatic rings. The molecule has 116 valence electrons. The summed E-state index contributed by atoms with van der Waals surface area (Å²) >= 11 is 0. The molecule has 4 nitrogen and oxygen atoms in total. The van der Waals surface area contributed by atoms with E-state index in [-0.39, 0.29) is 11.9 Å². The quantitative estimate of drug-likeness (QED) is 0.942. The van der Waals surface area contributed by atoms with Crippen LogP contribution in [0.5, 0.6) is 0 Å². The van der Waals surface area contributed by atoms with E-state index in [1.165, 1.54) is 0 Å². The smallest absolute Gasteiger partial charge is 0.252 e. The first-order chi connectivity index (χ1) is 10.7. The second kappa shape index (κ2) is 6.46. The van der Waals surface area contributed by atoms with Crippen LogP contribution in [0.4, 0.5) is 0 Å². The standard InChI is InChI=1S/C18H23N3O/c1-3-20-12-15(13-21(20)4-2)19-18(22)17-11-7-9-14-8-5-6-10-16(14)17/h5-11,15H,3-4,12-13H2,1-2H3,(H,19,22). The molecule has 0 spiro atoms. The second-order valence-electron chi connectivity index (χ2n) is 5.71. The predicted octanol–water partition coefficient (Wildman–Crippen LogP) is 2.51. The molecule has 0 unspecified atom stereocenters. The van der Waals surface area contributed by atoms with E-state index in [0.717, 1.165) is 42.5 Å². The first-order valence-electron chi connectivity index (χ1n) is 8.01. The van der Waals surface area contributed by atoms with Crippen LogP contribution in [-0.2, 0) is 0 Å². The van der Waals surface area contributed by atoms with Crippen molar-refractivity contribution in [1.82, 2.24) is 15.3 Å². The minimum atomic E-state index is 0.0239. The van der Waals surface area contributed by atoms with Crippen LogP contribution in [0.25, 0.3) is 10.8 Å². The van der Waals surface area contributed by atoms with Crippen molar-refractivity contribution < 1.29 is 4.79 Å². The lowest BCUT2D eigenvalue weighted by atomic mass is 10.0. The topological polar surface area (TPSA) is 35.6 Å². The van der Waals surface area contributed by atoms with E-state index in [1.54, 1.807) is 0 Å². The Balaban J connectivity index is 1.77. The van der Waals surface area contributed by atoms with Gasteiger partial charge >= 0.3 is 0 Å². The second-order valence-corrected chi connectivity index (χ2v) is 5.71. The van der Waals surface area contributed by atoms with Crippen molar-refractivity contribution in [2.24, 2.45) is 0 Å². The van der Waals surface area contributed by atoms with E-state index in [2.05, 4.69) is 29.2 Å². The largest absolute Gasteiger partial charge is 0.347 e. The molecule has 0 aromatic heterocycles. The highest BCUT2D eigenvalue weighted by Crippen LogP contribution is 2.19. The number of amides is 1. The van der Waals surface area contributed by atoms with Crippen molar-refractivity contribution in [3.8, 4) is 0 Å². The molecule has 1 N–H and O–H groups in total. The van der Waals surface area contributed by atoms with Crippen LogP contribution in [0.3, 0.4) is 0 Å². The van der Waals surface area contributed by atoms with Gasteiger partial charge in [0, 0.05) is 31.7 Å². The van der Waals surface area contributed by atoms with Crippen molar-refractivity contribution in [2.45, 2.75) is 19.9 Å². The summed E-state index contributed by atoms with van der Waals surface area (Å²) in [6.07, 6.45) is 0. The Kier molecular flexibility index (Phi) is 4.41. The lowest BCUT2D eigenvalue weighted by Crippen LogP contribution is -2.38. The van der Waals surface area contributed by atoms with Gasteiger partial charge < -0.3 is 5.32 Å². The normalized spacial score (nSPS) is 17.2. The zero-order chi connectivity index (χ0) is 15.5. The number of carbonyl (C=O) groups is 1. The molecule has 1 heterocycles. The average Bonchev–Trinajstić information content (AvgIpc) is 2.96. The molecule has 0 saturated carbocycles. The molecule has 0 aliphatic carbocycles. The monoisotopic (exact) mass is 297 g/mol. The van der Waals surface area contributed by atoms with Crippen LogP contribution in [-0.4, -0.2) is 48.1 Å². The fourth-order valence-corrected chi connectivity index (χ4v) is 3.23. The molecule has 1 saturated heterocycles. The molecule has 0 atom stereocenters. The molecule has 1 amide bonds. The van der Waals surface area contributed by atoms with Gasteiger partial charge in [-0.3, -0.25) is 4.79 Å². The molecule has 1 aliphatic heterocycles. The number of nitrogens with zero attached hydrogens (tertiary/aromatic N) is 2. The average molecular weight is 297 g/mol. The Morgan fingerprint density at radius 3 is 2.36 bits per heavy atom. The molecule has 0 bridgehead atoms. The summed E-state index contributed by atoms with van der Waals surface area (Å²) in [5, 5.41) is 9.91. The van der Waals surface area contributed by atoms with Crippen molar-refractivity contribution in [2.75, 3.05) is 26.2 Å². The molecule has 0 radical (unpaired) electrons. The maximum absolute atomic E-state index is 12.7. The maximum Gasteiger partial charge on any atom is 0.252 e. The van der Waals surface area contributed by atoms with Gasteiger partial charge in [-0.1, -0.05) is 50.2 Å². The van der Waals surface area contributed by atoms with Crippen LogP contribution in [0.2, 0.25) is 0 Å². The van der Waals surface area contributed by atoms with Crippen molar-refractivity contribution >= 4 is 16.7 Å². The van der Waals surface area contributed by atoms with Gasteiger partial charge in [0.15, 0.2) is 0 Å². The highest BCUT2D eigenvalue weighted by Gasteiger charge is 2.29. The molecular formula is C18H23N3O. The van der Waals surface area contributed by atoms with E-state index in [0.29, 0.717) is 0 Å². The minimum Gasteiger partial charge on any atom is -0.347 e. The molecule has 3 rings (SSSR count). The summed E-state index contributed by atoms with van der Waals surface area (Å²) in [6.45, 7) is 8.04. The van der Waals surface area contributed by atoms with Crippen molar-refractivity contribution in [1.29, 1.82) is 0 Å². The highest BCUT2D eigenvalue weighted by molar-refractivity contribution is 6.07. The van der Waals surface area contributed by atoms with Crippen molar-refractivity contribution in [3.05, 3.63) is 48.0 Å². The molecule has 22 heavy (non-hydrogen) atoms.